The van der Waals surface area contributed by atoms with Gasteiger partial charge in [-0.15, -0.1) is 23.4 Å². The molecule has 0 saturated carbocycles. The molecule has 0 aromatic rings. The highest BCUT2D eigenvalue weighted by Crippen LogP contribution is 2.19. The molecule has 1 aliphatic heterocycles. The fourth-order valence-electron chi connectivity index (χ4n) is 1.78. The van der Waals surface area contributed by atoms with Crippen molar-refractivity contribution in [2.75, 3.05) is 24.4 Å². The number of hydrogen-bond donors (Lipinski definition) is 1. The lowest BCUT2D eigenvalue weighted by molar-refractivity contribution is -0.140. The van der Waals surface area contributed by atoms with E-state index < -0.39 is 21.3 Å². The van der Waals surface area contributed by atoms with E-state index in [0.717, 1.165) is 0 Å². The average molecular weight is 344 g/mol. The normalized spacial score (nSPS) is 25.9. The van der Waals surface area contributed by atoms with Crippen LogP contribution in [-0.2, 0) is 24.2 Å². The van der Waals surface area contributed by atoms with E-state index in [1.54, 1.807) is 0 Å². The third-order valence-corrected chi connectivity index (χ3v) is 6.35. The predicted octanol–water partition coefficient (Wildman–Crippen LogP) is 0.192. The topological polar surface area (TPSA) is 89.5 Å². The molecule has 9 heteroatoms. The molecule has 1 heterocycles. The SMILES string of the molecule is COC(=O)CC(C)SCC(=O)NC1CS(=O)(=O)CC1Cl. The number of halogens is 1. The summed E-state index contributed by atoms with van der Waals surface area (Å²) >= 11 is 7.20. The van der Waals surface area contributed by atoms with Gasteiger partial charge in [-0.1, -0.05) is 6.92 Å². The van der Waals surface area contributed by atoms with Crippen molar-refractivity contribution >= 4 is 45.1 Å². The molecule has 3 unspecified atom stereocenters. The van der Waals surface area contributed by atoms with Crippen molar-refractivity contribution in [2.24, 2.45) is 0 Å². The number of alkyl halides is 1. The summed E-state index contributed by atoms with van der Waals surface area (Å²) in [5.74, 6) is -0.675. The molecule has 3 atom stereocenters. The fourth-order valence-corrected chi connectivity index (χ4v) is 5.10. The zero-order valence-electron chi connectivity index (χ0n) is 11.3. The molecule has 1 fully saturated rings. The third kappa shape index (κ3) is 5.88. The maximum Gasteiger partial charge on any atom is 0.306 e. The summed E-state index contributed by atoms with van der Waals surface area (Å²) in [7, 11) is -1.84. The van der Waals surface area contributed by atoms with Gasteiger partial charge in [-0.2, -0.15) is 0 Å². The van der Waals surface area contributed by atoms with Crippen molar-refractivity contribution in [3.8, 4) is 0 Å². The Morgan fingerprint density at radius 1 is 1.45 bits per heavy atom. The lowest BCUT2D eigenvalue weighted by Gasteiger charge is -2.15. The molecule has 1 rings (SSSR count). The van der Waals surface area contributed by atoms with Crippen LogP contribution in [-0.4, -0.2) is 61.3 Å². The summed E-state index contributed by atoms with van der Waals surface area (Å²) in [5, 5.41) is 1.99. The Bertz CT molecular complexity index is 467. The number of carbonyl (C=O) groups is 2. The summed E-state index contributed by atoms with van der Waals surface area (Å²) < 4.78 is 27.3. The van der Waals surface area contributed by atoms with Crippen LogP contribution in [0.5, 0.6) is 0 Å². The van der Waals surface area contributed by atoms with Gasteiger partial charge in [-0.25, -0.2) is 8.42 Å². The lowest BCUT2D eigenvalue weighted by Crippen LogP contribution is -2.41. The molecular weight excluding hydrogens is 326 g/mol. The number of thioether (sulfide) groups is 1. The molecule has 1 aliphatic rings. The van der Waals surface area contributed by atoms with Crippen molar-refractivity contribution in [1.82, 2.24) is 5.32 Å². The Kier molecular flexibility index (Phi) is 6.60. The first-order valence-corrected chi connectivity index (χ1v) is 9.36. The fraction of sp³-hybridized carbons (Fsp3) is 0.818. The molecule has 0 bridgehead atoms. The van der Waals surface area contributed by atoms with Gasteiger partial charge in [-0.3, -0.25) is 9.59 Å². The van der Waals surface area contributed by atoms with Gasteiger partial charge in [0.15, 0.2) is 9.84 Å². The van der Waals surface area contributed by atoms with E-state index in [9.17, 15) is 18.0 Å². The molecule has 0 aromatic carbocycles. The Hall–Kier alpha value is -0.470. The van der Waals surface area contributed by atoms with Crippen LogP contribution in [0.2, 0.25) is 0 Å². The van der Waals surface area contributed by atoms with E-state index in [4.69, 9.17) is 11.6 Å². The smallest absolute Gasteiger partial charge is 0.306 e. The number of carbonyl (C=O) groups excluding carboxylic acids is 2. The number of esters is 1. The van der Waals surface area contributed by atoms with E-state index >= 15 is 0 Å². The molecule has 20 heavy (non-hydrogen) atoms. The molecule has 0 radical (unpaired) electrons. The number of methoxy groups -OCH3 is 1. The summed E-state index contributed by atoms with van der Waals surface area (Å²) in [4.78, 5) is 22.8. The predicted molar refractivity (Wildman–Crippen MR) is 78.8 cm³/mol. The van der Waals surface area contributed by atoms with E-state index in [0.29, 0.717) is 0 Å². The number of sulfone groups is 1. The van der Waals surface area contributed by atoms with E-state index in [1.165, 1.54) is 18.9 Å². The minimum absolute atomic E-state index is 0.0488. The standard InChI is InChI=1S/C11H18ClNO5S2/c1-7(3-11(15)18-2)19-4-10(14)13-9-6-20(16,17)5-8(9)12/h7-9H,3-6H2,1-2H3,(H,13,14). The number of ether oxygens (including phenoxy) is 1. The van der Waals surface area contributed by atoms with E-state index in [2.05, 4.69) is 10.1 Å². The molecule has 6 nitrogen and oxygen atoms in total. The highest BCUT2D eigenvalue weighted by atomic mass is 35.5. The van der Waals surface area contributed by atoms with Crippen molar-refractivity contribution in [2.45, 2.75) is 30.0 Å². The van der Waals surface area contributed by atoms with Crippen molar-refractivity contribution < 1.29 is 22.7 Å². The lowest BCUT2D eigenvalue weighted by atomic mass is 10.2. The maximum atomic E-state index is 11.7. The Morgan fingerprint density at radius 3 is 2.60 bits per heavy atom. The monoisotopic (exact) mass is 343 g/mol. The number of amides is 1. The van der Waals surface area contributed by atoms with Crippen molar-refractivity contribution in [3.63, 3.8) is 0 Å². The van der Waals surface area contributed by atoms with Gasteiger partial charge in [-0.05, 0) is 0 Å². The van der Waals surface area contributed by atoms with Crippen LogP contribution >= 0.6 is 23.4 Å². The molecule has 0 aromatic heterocycles. The van der Waals surface area contributed by atoms with Gasteiger partial charge in [0.1, 0.15) is 0 Å². The zero-order valence-corrected chi connectivity index (χ0v) is 13.7. The van der Waals surface area contributed by atoms with Crippen LogP contribution in [0.3, 0.4) is 0 Å². The Balaban J connectivity index is 2.32. The van der Waals surface area contributed by atoms with Crippen LogP contribution in [0.1, 0.15) is 13.3 Å². The van der Waals surface area contributed by atoms with Gasteiger partial charge in [0.25, 0.3) is 0 Å². The quantitative estimate of drug-likeness (QED) is 0.547. The third-order valence-electron chi connectivity index (χ3n) is 2.81. The van der Waals surface area contributed by atoms with Crippen LogP contribution in [0.25, 0.3) is 0 Å². The van der Waals surface area contributed by atoms with Gasteiger partial charge < -0.3 is 10.1 Å². The summed E-state index contributed by atoms with van der Waals surface area (Å²) in [6, 6.07) is -0.536. The van der Waals surface area contributed by atoms with Crippen molar-refractivity contribution in [1.29, 1.82) is 0 Å². The van der Waals surface area contributed by atoms with Crippen LogP contribution < -0.4 is 5.32 Å². The average Bonchev–Trinajstić information content (AvgIpc) is 2.59. The molecule has 0 aliphatic carbocycles. The summed E-state index contributed by atoms with van der Waals surface area (Å²) in [6.07, 6.45) is 0.227. The van der Waals surface area contributed by atoms with E-state index in [-0.39, 0.29) is 40.8 Å². The first kappa shape index (κ1) is 17.6. The second-order valence-corrected chi connectivity index (χ2v) is 8.81. The highest BCUT2D eigenvalue weighted by Gasteiger charge is 2.37. The molecule has 1 N–H and O–H groups in total. The van der Waals surface area contributed by atoms with E-state index in [1.807, 2.05) is 6.92 Å². The first-order chi connectivity index (χ1) is 9.23. The molecule has 116 valence electrons. The first-order valence-electron chi connectivity index (χ1n) is 6.06. The van der Waals surface area contributed by atoms with Crippen molar-refractivity contribution in [3.05, 3.63) is 0 Å². The number of nitrogens with one attached hydrogen (secondary N) is 1. The maximum absolute atomic E-state index is 11.7. The summed E-state index contributed by atoms with van der Waals surface area (Å²) in [6.45, 7) is 1.82. The van der Waals surface area contributed by atoms with Crippen LogP contribution in [0.4, 0.5) is 0 Å². The second kappa shape index (κ2) is 7.51. The van der Waals surface area contributed by atoms with Gasteiger partial charge in [0.05, 0.1) is 42.2 Å². The van der Waals surface area contributed by atoms with Crippen LogP contribution in [0.15, 0.2) is 0 Å². The minimum atomic E-state index is -3.16. The van der Waals surface area contributed by atoms with Gasteiger partial charge in [0.2, 0.25) is 5.91 Å². The number of hydrogen-bond acceptors (Lipinski definition) is 6. The largest absolute Gasteiger partial charge is 0.469 e. The molecule has 1 saturated heterocycles. The minimum Gasteiger partial charge on any atom is -0.469 e. The number of rotatable bonds is 6. The molecule has 0 spiro atoms. The Morgan fingerprint density at radius 2 is 2.10 bits per heavy atom. The highest BCUT2D eigenvalue weighted by molar-refractivity contribution is 8.00. The molecule has 1 amide bonds. The van der Waals surface area contributed by atoms with Gasteiger partial charge >= 0.3 is 5.97 Å². The van der Waals surface area contributed by atoms with Crippen LogP contribution in [0, 0.1) is 0 Å². The van der Waals surface area contributed by atoms with Gasteiger partial charge in [0, 0.05) is 5.25 Å². The zero-order chi connectivity index (χ0) is 15.3. The Labute approximate surface area is 127 Å². The summed E-state index contributed by atoms with van der Waals surface area (Å²) in [5.41, 5.74) is 0. The second-order valence-electron chi connectivity index (χ2n) is 4.67. The molecular formula is C11H18ClNO5S2.